The predicted octanol–water partition coefficient (Wildman–Crippen LogP) is 2.77. The number of methoxy groups -OCH3 is 1. The van der Waals surface area contributed by atoms with Crippen molar-refractivity contribution >= 4 is 24.2 Å². The number of aliphatic hydroxyl groups is 3. The molecule has 0 spiro atoms. The van der Waals surface area contributed by atoms with Gasteiger partial charge in [0.15, 0.2) is 18.7 Å². The van der Waals surface area contributed by atoms with E-state index in [1.165, 1.54) is 7.11 Å². The number of likely N-dealkylation sites (N-methyl/N-ethyl adjacent to an activating group) is 1. The summed E-state index contributed by atoms with van der Waals surface area (Å²) in [5.74, 6) is -2.82. The van der Waals surface area contributed by atoms with Crippen LogP contribution >= 0.6 is 0 Å². The molecule has 57 heavy (non-hydrogen) atoms. The Labute approximate surface area is 337 Å². The molecular formula is C41H67NO15. The van der Waals surface area contributed by atoms with Gasteiger partial charge in [-0.2, -0.15) is 0 Å². The Bertz CT molecular complexity index is 1350. The molecule has 0 unspecified atom stereocenters. The van der Waals surface area contributed by atoms with Crippen molar-refractivity contribution < 1.29 is 72.4 Å². The number of allylic oxidation sites excluding steroid dienone is 2. The molecule has 3 rings (SSSR count). The van der Waals surface area contributed by atoms with Gasteiger partial charge in [0.1, 0.15) is 42.4 Å². The van der Waals surface area contributed by atoms with Crippen LogP contribution in [0.3, 0.4) is 0 Å². The predicted molar refractivity (Wildman–Crippen MR) is 205 cm³/mol. The van der Waals surface area contributed by atoms with Crippen LogP contribution in [0.15, 0.2) is 24.3 Å². The van der Waals surface area contributed by atoms with Gasteiger partial charge in [0.25, 0.3) is 0 Å². The molecule has 0 aliphatic carbocycles. The van der Waals surface area contributed by atoms with Crippen molar-refractivity contribution in [3.8, 4) is 0 Å². The van der Waals surface area contributed by atoms with Crippen LogP contribution in [0.2, 0.25) is 0 Å². The zero-order chi connectivity index (χ0) is 42.6. The summed E-state index contributed by atoms with van der Waals surface area (Å²) in [4.78, 5) is 52.3. The van der Waals surface area contributed by atoms with Crippen LogP contribution in [-0.4, -0.2) is 151 Å². The lowest BCUT2D eigenvalue weighted by Gasteiger charge is -2.50. The van der Waals surface area contributed by atoms with E-state index in [9.17, 15) is 34.5 Å². The standard InChI is InChI=1S/C41H67NO15/c1-11-30(45)54-29-21-32(47)51-24(4)16-14-13-15-17-28(44)23(3)20-27(18-19-43)37(38(29)50-10)57-40-35(48)34(42(8)9)36(25(5)53-40)56-33-22-41(7,49)39(26(6)52-33)55-31(46)12-2/h13-15,17,19,23-29,33-40,44,48-49H,11-12,16,18,20-22H2,1-10H3/t23-,24-,25-,26+,27+,28-,29-,33+,34-,35-,36-,37+,38+,39+,40-,41-/m1/s1. The van der Waals surface area contributed by atoms with Crippen molar-refractivity contribution in [1.82, 2.24) is 4.90 Å². The van der Waals surface area contributed by atoms with E-state index in [1.54, 1.807) is 78.8 Å². The van der Waals surface area contributed by atoms with E-state index >= 15 is 0 Å². The van der Waals surface area contributed by atoms with Gasteiger partial charge in [-0.1, -0.05) is 45.1 Å². The normalized spacial score (nSPS) is 40.0. The fraction of sp³-hybridized carbons (Fsp3) is 0.805. The Hall–Kier alpha value is -2.80. The molecule has 0 bridgehead atoms. The molecule has 0 radical (unpaired) electrons. The van der Waals surface area contributed by atoms with Gasteiger partial charge >= 0.3 is 17.9 Å². The summed E-state index contributed by atoms with van der Waals surface area (Å²) < 4.78 is 48.5. The van der Waals surface area contributed by atoms with Gasteiger partial charge in [0.2, 0.25) is 0 Å². The first-order valence-electron chi connectivity index (χ1n) is 20.1. The molecule has 16 heteroatoms. The summed E-state index contributed by atoms with van der Waals surface area (Å²) in [7, 11) is 4.86. The average molecular weight is 814 g/mol. The van der Waals surface area contributed by atoms with E-state index in [2.05, 4.69) is 0 Å². The maximum Gasteiger partial charge on any atom is 0.309 e. The zero-order valence-corrected chi connectivity index (χ0v) is 35.2. The first kappa shape index (κ1) is 48.6. The van der Waals surface area contributed by atoms with Gasteiger partial charge < -0.3 is 62.9 Å². The minimum Gasteiger partial charge on any atom is -0.462 e. The second-order valence-corrected chi connectivity index (χ2v) is 16.0. The molecule has 16 nitrogen and oxygen atoms in total. The second kappa shape index (κ2) is 22.5. The molecule has 0 aromatic rings. The topological polar surface area (TPSA) is 206 Å². The van der Waals surface area contributed by atoms with E-state index in [-0.39, 0.29) is 32.1 Å². The minimum atomic E-state index is -1.49. The molecule has 3 aliphatic rings. The zero-order valence-electron chi connectivity index (χ0n) is 35.2. The molecule has 3 N–H and O–H groups in total. The third kappa shape index (κ3) is 13.6. The van der Waals surface area contributed by atoms with E-state index in [0.717, 1.165) is 0 Å². The molecular weight excluding hydrogens is 746 g/mol. The van der Waals surface area contributed by atoms with E-state index in [0.29, 0.717) is 12.7 Å². The highest BCUT2D eigenvalue weighted by Gasteiger charge is 2.53. The van der Waals surface area contributed by atoms with E-state index in [1.807, 2.05) is 13.0 Å². The Morgan fingerprint density at radius 1 is 0.965 bits per heavy atom. The Balaban J connectivity index is 2.01. The van der Waals surface area contributed by atoms with Crippen molar-refractivity contribution in [2.45, 2.75) is 179 Å². The highest BCUT2D eigenvalue weighted by Crippen LogP contribution is 2.37. The molecule has 2 fully saturated rings. The van der Waals surface area contributed by atoms with Gasteiger partial charge in [-0.3, -0.25) is 14.4 Å². The molecule has 3 aliphatic heterocycles. The van der Waals surface area contributed by atoms with Gasteiger partial charge in [-0.15, -0.1) is 0 Å². The number of aliphatic hydroxyl groups excluding tert-OH is 2. The monoisotopic (exact) mass is 813 g/mol. The molecule has 16 atom stereocenters. The number of carbonyl (C=O) groups is 4. The molecule has 2 saturated heterocycles. The van der Waals surface area contributed by atoms with Crippen molar-refractivity contribution in [2.75, 3.05) is 21.2 Å². The van der Waals surface area contributed by atoms with Crippen LogP contribution in [0.5, 0.6) is 0 Å². The first-order valence-corrected chi connectivity index (χ1v) is 20.1. The second-order valence-electron chi connectivity index (χ2n) is 16.0. The first-order chi connectivity index (χ1) is 26.9. The highest BCUT2D eigenvalue weighted by atomic mass is 16.7. The summed E-state index contributed by atoms with van der Waals surface area (Å²) >= 11 is 0. The maximum atomic E-state index is 13.3. The van der Waals surface area contributed by atoms with Crippen LogP contribution < -0.4 is 0 Å². The third-order valence-corrected chi connectivity index (χ3v) is 10.9. The smallest absolute Gasteiger partial charge is 0.309 e. The quantitative estimate of drug-likeness (QED) is 0.147. The fourth-order valence-corrected chi connectivity index (χ4v) is 7.82. The third-order valence-electron chi connectivity index (χ3n) is 10.9. The van der Waals surface area contributed by atoms with Crippen molar-refractivity contribution in [3.63, 3.8) is 0 Å². The number of hydrogen-bond acceptors (Lipinski definition) is 16. The Morgan fingerprint density at radius 3 is 2.23 bits per heavy atom. The Kier molecular flexibility index (Phi) is 19.2. The number of aldehydes is 1. The molecule has 3 heterocycles. The number of hydrogen-bond donors (Lipinski definition) is 3. The van der Waals surface area contributed by atoms with Gasteiger partial charge in [-0.05, 0) is 60.0 Å². The highest BCUT2D eigenvalue weighted by molar-refractivity contribution is 5.72. The Morgan fingerprint density at radius 2 is 1.63 bits per heavy atom. The summed E-state index contributed by atoms with van der Waals surface area (Å²) in [5, 5.41) is 34.5. The van der Waals surface area contributed by atoms with Crippen LogP contribution in [0.4, 0.5) is 0 Å². The summed E-state index contributed by atoms with van der Waals surface area (Å²) in [6.07, 6.45) is -4.08. The van der Waals surface area contributed by atoms with E-state index < -0.39 is 121 Å². The number of cyclic esters (lactones) is 1. The number of rotatable bonds is 12. The minimum absolute atomic E-state index is 0.000633. The number of nitrogens with zero attached hydrogens (tertiary/aromatic N) is 1. The van der Waals surface area contributed by atoms with Crippen molar-refractivity contribution in [3.05, 3.63) is 24.3 Å². The van der Waals surface area contributed by atoms with Crippen LogP contribution in [-0.2, 0) is 57.1 Å². The average Bonchev–Trinajstić information content (AvgIpc) is 3.13. The van der Waals surface area contributed by atoms with Crippen LogP contribution in [0, 0.1) is 11.8 Å². The lowest BCUT2D eigenvalue weighted by molar-refractivity contribution is -0.344. The van der Waals surface area contributed by atoms with Crippen molar-refractivity contribution in [2.24, 2.45) is 11.8 Å². The molecule has 0 aromatic heterocycles. The number of carbonyl (C=O) groups excluding carboxylic acids is 4. The molecule has 326 valence electrons. The lowest BCUT2D eigenvalue weighted by atomic mass is 9.82. The van der Waals surface area contributed by atoms with Crippen molar-refractivity contribution in [1.29, 1.82) is 0 Å². The summed E-state index contributed by atoms with van der Waals surface area (Å²) in [6, 6.07) is -0.779. The molecule has 0 amide bonds. The summed E-state index contributed by atoms with van der Waals surface area (Å²) in [5.41, 5.74) is -1.49. The maximum absolute atomic E-state index is 13.3. The summed E-state index contributed by atoms with van der Waals surface area (Å²) in [6.45, 7) is 11.8. The van der Waals surface area contributed by atoms with Crippen LogP contribution in [0.25, 0.3) is 0 Å². The number of ether oxygens (including phenoxy) is 8. The largest absolute Gasteiger partial charge is 0.462 e. The molecule has 0 saturated carbocycles. The lowest BCUT2D eigenvalue weighted by Crippen LogP contribution is -2.66. The van der Waals surface area contributed by atoms with Gasteiger partial charge in [0, 0.05) is 39.2 Å². The number of esters is 3. The SMILES string of the molecule is CCC(=O)O[C@@H]1CC(=O)O[C@H](C)CC=CC=C[C@@H](O)[C@H](C)C[C@H](CC=O)[C@H](O[C@H]2O[C@H](C)[C@@H](O[C@H]3C[C@@](C)(O)[C@@H](OC(=O)CC)[C@H](C)O3)[C@H](N(C)C)[C@H]2O)[C@H]1OC. The van der Waals surface area contributed by atoms with Gasteiger partial charge in [0.05, 0.1) is 36.9 Å². The van der Waals surface area contributed by atoms with Crippen LogP contribution in [0.1, 0.15) is 93.4 Å². The molecule has 0 aromatic carbocycles. The fourth-order valence-electron chi connectivity index (χ4n) is 7.82. The van der Waals surface area contributed by atoms with E-state index in [4.69, 9.17) is 37.9 Å². The van der Waals surface area contributed by atoms with Gasteiger partial charge in [-0.25, -0.2) is 0 Å².